The van der Waals surface area contributed by atoms with Crippen LogP contribution in [-0.4, -0.2) is 17.6 Å². The fourth-order valence-corrected chi connectivity index (χ4v) is 4.40. The molecule has 4 nitrogen and oxygen atoms in total. The average Bonchev–Trinajstić information content (AvgIpc) is 3.02. The van der Waals surface area contributed by atoms with Crippen molar-refractivity contribution in [1.82, 2.24) is 9.19 Å². The van der Waals surface area contributed by atoms with Crippen LogP contribution in [0.1, 0.15) is 16.7 Å². The van der Waals surface area contributed by atoms with Crippen LogP contribution < -0.4 is 0 Å². The van der Waals surface area contributed by atoms with Gasteiger partial charge in [0, 0.05) is 10.9 Å². The molecule has 0 aliphatic carbocycles. The van der Waals surface area contributed by atoms with Crippen molar-refractivity contribution in [3.63, 3.8) is 0 Å². The largest absolute Gasteiger partial charge is 0.283 e. The van der Waals surface area contributed by atoms with E-state index in [1.807, 2.05) is 63.2 Å². The Labute approximate surface area is 159 Å². The molecule has 0 radical (unpaired) electrons. The molecule has 0 saturated heterocycles. The zero-order valence-electron chi connectivity index (χ0n) is 15.5. The molecule has 4 aromatic rings. The summed E-state index contributed by atoms with van der Waals surface area (Å²) in [6, 6.07) is 20.6. The SMILES string of the molecule is Cc1ccc(-c2nn(S(=O)(=O)c3ccc(C)cc3)c3cc(C)ccc23)cc1. The highest BCUT2D eigenvalue weighted by Gasteiger charge is 2.23. The van der Waals surface area contributed by atoms with Crippen molar-refractivity contribution in [2.24, 2.45) is 0 Å². The summed E-state index contributed by atoms with van der Waals surface area (Å²) in [4.78, 5) is 0.231. The first-order valence-corrected chi connectivity index (χ1v) is 10.2. The molecular formula is C22H20N2O2S. The van der Waals surface area contributed by atoms with Crippen LogP contribution in [0, 0.1) is 20.8 Å². The number of aryl methyl sites for hydroxylation is 3. The summed E-state index contributed by atoms with van der Waals surface area (Å²) in [7, 11) is -3.79. The van der Waals surface area contributed by atoms with Gasteiger partial charge in [-0.2, -0.15) is 17.6 Å². The minimum Gasteiger partial charge on any atom is -0.199 e. The molecule has 0 fully saturated rings. The van der Waals surface area contributed by atoms with Crippen LogP contribution >= 0.6 is 0 Å². The molecule has 0 unspecified atom stereocenters. The molecule has 0 N–H and O–H groups in total. The lowest BCUT2D eigenvalue weighted by molar-refractivity contribution is 0.582. The number of fused-ring (bicyclic) bond motifs is 1. The molecule has 3 aromatic carbocycles. The molecule has 0 aliphatic rings. The zero-order chi connectivity index (χ0) is 19.2. The predicted molar refractivity (Wildman–Crippen MR) is 108 cm³/mol. The minimum atomic E-state index is -3.79. The Bertz CT molecular complexity index is 1240. The van der Waals surface area contributed by atoms with Gasteiger partial charge >= 0.3 is 0 Å². The Morgan fingerprint density at radius 2 is 1.30 bits per heavy atom. The van der Waals surface area contributed by atoms with Gasteiger partial charge in [0.25, 0.3) is 10.0 Å². The van der Waals surface area contributed by atoms with E-state index in [-0.39, 0.29) is 4.90 Å². The summed E-state index contributed by atoms with van der Waals surface area (Å²) in [5.41, 5.74) is 5.29. The van der Waals surface area contributed by atoms with Crippen molar-refractivity contribution in [1.29, 1.82) is 0 Å². The van der Waals surface area contributed by atoms with Gasteiger partial charge in [-0.1, -0.05) is 59.7 Å². The Balaban J connectivity index is 1.99. The molecule has 5 heteroatoms. The van der Waals surface area contributed by atoms with Crippen LogP contribution in [0.15, 0.2) is 71.6 Å². The Morgan fingerprint density at radius 1 is 0.741 bits per heavy atom. The summed E-state index contributed by atoms with van der Waals surface area (Å²) in [6.45, 7) is 5.89. The summed E-state index contributed by atoms with van der Waals surface area (Å²) >= 11 is 0. The Morgan fingerprint density at radius 3 is 1.93 bits per heavy atom. The maximum atomic E-state index is 13.3. The van der Waals surface area contributed by atoms with Gasteiger partial charge in [0.2, 0.25) is 0 Å². The average molecular weight is 376 g/mol. The lowest BCUT2D eigenvalue weighted by atomic mass is 10.1. The van der Waals surface area contributed by atoms with E-state index in [1.165, 1.54) is 0 Å². The summed E-state index contributed by atoms with van der Waals surface area (Å²) in [5.74, 6) is 0. The van der Waals surface area contributed by atoms with Crippen molar-refractivity contribution in [2.75, 3.05) is 0 Å². The number of nitrogens with zero attached hydrogens (tertiary/aromatic N) is 2. The first kappa shape index (κ1) is 17.5. The standard InChI is InChI=1S/C22H20N2O2S/c1-15-4-9-18(10-5-15)22-20-13-8-17(3)14-21(20)24(23-22)27(25,26)19-11-6-16(2)7-12-19/h4-14H,1-3H3. The summed E-state index contributed by atoms with van der Waals surface area (Å²) in [6.07, 6.45) is 0. The third-order valence-electron chi connectivity index (χ3n) is 4.68. The highest BCUT2D eigenvalue weighted by Crippen LogP contribution is 2.31. The van der Waals surface area contributed by atoms with E-state index in [2.05, 4.69) is 5.10 Å². The van der Waals surface area contributed by atoms with Crippen LogP contribution in [0.5, 0.6) is 0 Å². The van der Waals surface area contributed by atoms with Crippen molar-refractivity contribution >= 4 is 20.9 Å². The summed E-state index contributed by atoms with van der Waals surface area (Å²) < 4.78 is 27.7. The van der Waals surface area contributed by atoms with E-state index >= 15 is 0 Å². The van der Waals surface area contributed by atoms with Gasteiger partial charge in [-0.05, 0) is 44.5 Å². The van der Waals surface area contributed by atoms with Gasteiger partial charge in [0.05, 0.1) is 10.4 Å². The molecule has 0 atom stereocenters. The quantitative estimate of drug-likeness (QED) is 0.513. The zero-order valence-corrected chi connectivity index (χ0v) is 16.3. The van der Waals surface area contributed by atoms with Crippen LogP contribution in [0.25, 0.3) is 22.2 Å². The Kier molecular flexibility index (Phi) is 4.12. The molecule has 136 valence electrons. The number of hydrogen-bond acceptors (Lipinski definition) is 3. The second-order valence-electron chi connectivity index (χ2n) is 6.90. The first-order valence-electron chi connectivity index (χ1n) is 8.75. The van der Waals surface area contributed by atoms with Gasteiger partial charge in [0.15, 0.2) is 0 Å². The molecule has 1 heterocycles. The lowest BCUT2D eigenvalue weighted by Gasteiger charge is -2.06. The molecule has 0 spiro atoms. The third kappa shape index (κ3) is 3.04. The fourth-order valence-electron chi connectivity index (χ4n) is 3.12. The lowest BCUT2D eigenvalue weighted by Crippen LogP contribution is -2.14. The van der Waals surface area contributed by atoms with Crippen LogP contribution in [-0.2, 0) is 10.0 Å². The van der Waals surface area contributed by atoms with Gasteiger partial charge in [-0.3, -0.25) is 0 Å². The molecule has 1 aromatic heterocycles. The monoisotopic (exact) mass is 376 g/mol. The van der Waals surface area contributed by atoms with E-state index < -0.39 is 10.0 Å². The highest BCUT2D eigenvalue weighted by atomic mass is 32.2. The van der Waals surface area contributed by atoms with Gasteiger partial charge < -0.3 is 0 Å². The highest BCUT2D eigenvalue weighted by molar-refractivity contribution is 7.90. The smallest absolute Gasteiger partial charge is 0.199 e. The molecule has 0 saturated carbocycles. The maximum Gasteiger partial charge on any atom is 0.283 e. The summed E-state index contributed by atoms with van der Waals surface area (Å²) in [5, 5.41) is 5.35. The van der Waals surface area contributed by atoms with Crippen molar-refractivity contribution < 1.29 is 8.42 Å². The van der Waals surface area contributed by atoms with Gasteiger partial charge in [-0.15, -0.1) is 0 Å². The molecule has 4 rings (SSSR count). The first-order chi connectivity index (χ1) is 12.9. The van der Waals surface area contributed by atoms with Crippen molar-refractivity contribution in [3.05, 3.63) is 83.4 Å². The maximum absolute atomic E-state index is 13.3. The number of rotatable bonds is 3. The van der Waals surface area contributed by atoms with Crippen LogP contribution in [0.3, 0.4) is 0 Å². The fraction of sp³-hybridized carbons (Fsp3) is 0.136. The molecule has 27 heavy (non-hydrogen) atoms. The third-order valence-corrected chi connectivity index (χ3v) is 6.28. The van der Waals surface area contributed by atoms with E-state index in [4.69, 9.17) is 0 Å². The van der Waals surface area contributed by atoms with E-state index in [1.54, 1.807) is 24.3 Å². The normalized spacial score (nSPS) is 11.8. The topological polar surface area (TPSA) is 52.0 Å². The van der Waals surface area contributed by atoms with Crippen LogP contribution in [0.4, 0.5) is 0 Å². The predicted octanol–water partition coefficient (Wildman–Crippen LogP) is 4.87. The molecular weight excluding hydrogens is 356 g/mol. The van der Waals surface area contributed by atoms with E-state index in [0.717, 1.165) is 31.7 Å². The van der Waals surface area contributed by atoms with E-state index in [9.17, 15) is 8.42 Å². The number of benzene rings is 3. The molecule has 0 amide bonds. The second kappa shape index (κ2) is 6.35. The molecule has 0 aliphatic heterocycles. The van der Waals surface area contributed by atoms with Crippen molar-refractivity contribution in [2.45, 2.75) is 25.7 Å². The second-order valence-corrected chi connectivity index (χ2v) is 8.66. The molecule has 0 bridgehead atoms. The Hall–Kier alpha value is -2.92. The van der Waals surface area contributed by atoms with Crippen LogP contribution in [0.2, 0.25) is 0 Å². The van der Waals surface area contributed by atoms with Gasteiger partial charge in [-0.25, -0.2) is 0 Å². The number of hydrogen-bond donors (Lipinski definition) is 0. The minimum absolute atomic E-state index is 0.231. The van der Waals surface area contributed by atoms with E-state index in [0.29, 0.717) is 11.2 Å². The number of aromatic nitrogens is 2. The van der Waals surface area contributed by atoms with Gasteiger partial charge in [0.1, 0.15) is 5.69 Å². The van der Waals surface area contributed by atoms with Crippen molar-refractivity contribution in [3.8, 4) is 11.3 Å².